The van der Waals surface area contributed by atoms with Gasteiger partial charge >= 0.3 is 0 Å². The zero-order valence-electron chi connectivity index (χ0n) is 11.3. The molecule has 16 heavy (non-hydrogen) atoms. The summed E-state index contributed by atoms with van der Waals surface area (Å²) in [5, 5.41) is 6.58. The second kappa shape index (κ2) is 10.7. The van der Waals surface area contributed by atoms with E-state index in [0.29, 0.717) is 0 Å². The first-order valence-corrected chi connectivity index (χ1v) is 6.45. The van der Waals surface area contributed by atoms with Crippen LogP contribution in [0.3, 0.4) is 0 Å². The topological polar surface area (TPSA) is 39.7 Å². The van der Waals surface area contributed by atoms with E-state index in [-0.39, 0.29) is 0 Å². The average molecular weight is 228 g/mol. The van der Waals surface area contributed by atoms with Crippen molar-refractivity contribution < 1.29 is 0 Å². The van der Waals surface area contributed by atoms with Crippen molar-refractivity contribution in [3.63, 3.8) is 0 Å². The predicted molar refractivity (Wildman–Crippen MR) is 72.1 cm³/mol. The summed E-state index contributed by atoms with van der Waals surface area (Å²) >= 11 is 0. The summed E-state index contributed by atoms with van der Waals surface area (Å²) < 4.78 is 0. The van der Waals surface area contributed by atoms with Gasteiger partial charge in [0.05, 0.1) is 0 Å². The minimum atomic E-state index is 0.918. The lowest BCUT2D eigenvalue weighted by Gasteiger charge is -2.18. The van der Waals surface area contributed by atoms with Crippen molar-refractivity contribution in [2.75, 3.05) is 39.8 Å². The molecule has 0 unspecified atom stereocenters. The number of aliphatic imine (C=N–C) groups is 1. The maximum atomic E-state index is 4.16. The van der Waals surface area contributed by atoms with E-state index in [0.717, 1.165) is 51.5 Å². The number of nitrogens with one attached hydrogen (secondary N) is 2. The number of rotatable bonds is 8. The average Bonchev–Trinajstić information content (AvgIpc) is 2.33. The van der Waals surface area contributed by atoms with Gasteiger partial charge in [-0.05, 0) is 32.5 Å². The standard InChI is InChI=1S/C12H28N4/c1-5-9-14-12(13-4)15-10-8-11-16(6-2)7-3/h5-11H2,1-4H3,(H2,13,14,15). The molecule has 4 heteroatoms. The van der Waals surface area contributed by atoms with Crippen molar-refractivity contribution >= 4 is 5.96 Å². The lowest BCUT2D eigenvalue weighted by atomic mass is 10.3. The highest BCUT2D eigenvalue weighted by Crippen LogP contribution is 1.89. The number of hydrogen-bond donors (Lipinski definition) is 2. The Labute approximate surface area is 101 Å². The highest BCUT2D eigenvalue weighted by Gasteiger charge is 1.99. The predicted octanol–water partition coefficient (Wildman–Crippen LogP) is 1.29. The van der Waals surface area contributed by atoms with Crippen LogP contribution in [0.15, 0.2) is 4.99 Å². The van der Waals surface area contributed by atoms with Gasteiger partial charge in [0.25, 0.3) is 0 Å². The van der Waals surface area contributed by atoms with Crippen LogP contribution in [0.5, 0.6) is 0 Å². The van der Waals surface area contributed by atoms with E-state index >= 15 is 0 Å². The molecule has 0 atom stereocenters. The van der Waals surface area contributed by atoms with Crippen molar-refractivity contribution in [3.05, 3.63) is 0 Å². The molecule has 0 amide bonds. The zero-order chi connectivity index (χ0) is 12.2. The SMILES string of the molecule is CCCNC(=NC)NCCCN(CC)CC. The van der Waals surface area contributed by atoms with Gasteiger partial charge in [-0.1, -0.05) is 20.8 Å². The van der Waals surface area contributed by atoms with Crippen LogP contribution in [0, 0.1) is 0 Å². The third-order valence-electron chi connectivity index (χ3n) is 2.60. The summed E-state index contributed by atoms with van der Waals surface area (Å²) in [6.45, 7) is 12.0. The Hall–Kier alpha value is -0.770. The molecule has 0 aromatic rings. The van der Waals surface area contributed by atoms with Crippen LogP contribution in [-0.4, -0.2) is 50.6 Å². The molecular formula is C12H28N4. The molecule has 96 valence electrons. The van der Waals surface area contributed by atoms with Gasteiger partial charge in [0.1, 0.15) is 0 Å². The summed E-state index contributed by atoms with van der Waals surface area (Å²) in [4.78, 5) is 6.60. The van der Waals surface area contributed by atoms with Crippen LogP contribution in [0.25, 0.3) is 0 Å². The molecule has 0 aromatic heterocycles. The molecule has 0 rings (SSSR count). The zero-order valence-corrected chi connectivity index (χ0v) is 11.3. The van der Waals surface area contributed by atoms with Gasteiger partial charge in [-0.3, -0.25) is 4.99 Å². The summed E-state index contributed by atoms with van der Waals surface area (Å²) in [7, 11) is 1.81. The van der Waals surface area contributed by atoms with Gasteiger partial charge in [0.2, 0.25) is 0 Å². The molecule has 0 aliphatic carbocycles. The van der Waals surface area contributed by atoms with E-state index in [9.17, 15) is 0 Å². The van der Waals surface area contributed by atoms with Gasteiger partial charge in [0.15, 0.2) is 5.96 Å². The van der Waals surface area contributed by atoms with Crippen molar-refractivity contribution in [3.8, 4) is 0 Å². The van der Waals surface area contributed by atoms with Crippen LogP contribution in [0.4, 0.5) is 0 Å². The fraction of sp³-hybridized carbons (Fsp3) is 0.917. The summed E-state index contributed by atoms with van der Waals surface area (Å²) in [6, 6.07) is 0. The van der Waals surface area contributed by atoms with E-state index in [1.165, 1.54) is 0 Å². The first-order valence-electron chi connectivity index (χ1n) is 6.45. The number of guanidine groups is 1. The van der Waals surface area contributed by atoms with Crippen molar-refractivity contribution in [1.29, 1.82) is 0 Å². The summed E-state index contributed by atoms with van der Waals surface area (Å²) in [5.41, 5.74) is 0. The fourth-order valence-electron chi connectivity index (χ4n) is 1.51. The minimum Gasteiger partial charge on any atom is -0.356 e. The summed E-state index contributed by atoms with van der Waals surface area (Å²) in [6.07, 6.45) is 2.29. The molecule has 0 fully saturated rings. The number of nitrogens with zero attached hydrogens (tertiary/aromatic N) is 2. The Bertz CT molecular complexity index is 176. The van der Waals surface area contributed by atoms with Crippen LogP contribution < -0.4 is 10.6 Å². The quantitative estimate of drug-likeness (QED) is 0.374. The van der Waals surface area contributed by atoms with Crippen LogP contribution >= 0.6 is 0 Å². The molecule has 0 saturated carbocycles. The van der Waals surface area contributed by atoms with Crippen LogP contribution in [0.1, 0.15) is 33.6 Å². The van der Waals surface area contributed by atoms with Crippen molar-refractivity contribution in [1.82, 2.24) is 15.5 Å². The Balaban J connectivity index is 3.55. The summed E-state index contributed by atoms with van der Waals surface area (Å²) in [5.74, 6) is 0.918. The molecule has 0 aromatic carbocycles. The lowest BCUT2D eigenvalue weighted by Crippen LogP contribution is -2.39. The molecule has 4 nitrogen and oxygen atoms in total. The van der Waals surface area contributed by atoms with Crippen molar-refractivity contribution in [2.24, 2.45) is 4.99 Å². The van der Waals surface area contributed by atoms with E-state index in [4.69, 9.17) is 0 Å². The van der Waals surface area contributed by atoms with Gasteiger partial charge in [0, 0.05) is 20.1 Å². The largest absolute Gasteiger partial charge is 0.356 e. The van der Waals surface area contributed by atoms with E-state index in [2.05, 4.69) is 41.3 Å². The molecule has 0 heterocycles. The highest BCUT2D eigenvalue weighted by molar-refractivity contribution is 5.79. The Morgan fingerprint density at radius 1 is 1.06 bits per heavy atom. The van der Waals surface area contributed by atoms with Crippen LogP contribution in [-0.2, 0) is 0 Å². The molecule has 0 radical (unpaired) electrons. The van der Waals surface area contributed by atoms with E-state index in [1.54, 1.807) is 0 Å². The highest BCUT2D eigenvalue weighted by atomic mass is 15.2. The molecule has 0 saturated heterocycles. The fourth-order valence-corrected chi connectivity index (χ4v) is 1.51. The Morgan fingerprint density at radius 2 is 1.69 bits per heavy atom. The van der Waals surface area contributed by atoms with Crippen molar-refractivity contribution in [2.45, 2.75) is 33.6 Å². The monoisotopic (exact) mass is 228 g/mol. The Morgan fingerprint density at radius 3 is 2.19 bits per heavy atom. The van der Waals surface area contributed by atoms with Gasteiger partial charge < -0.3 is 15.5 Å². The number of hydrogen-bond acceptors (Lipinski definition) is 2. The normalized spacial score (nSPS) is 11.9. The second-order valence-electron chi connectivity index (χ2n) is 3.81. The first kappa shape index (κ1) is 15.2. The smallest absolute Gasteiger partial charge is 0.190 e. The third kappa shape index (κ3) is 7.51. The van der Waals surface area contributed by atoms with E-state index < -0.39 is 0 Å². The molecule has 0 bridgehead atoms. The van der Waals surface area contributed by atoms with Gasteiger partial charge in [-0.15, -0.1) is 0 Å². The minimum absolute atomic E-state index is 0.918. The molecular weight excluding hydrogens is 200 g/mol. The van der Waals surface area contributed by atoms with Crippen LogP contribution in [0.2, 0.25) is 0 Å². The second-order valence-corrected chi connectivity index (χ2v) is 3.81. The Kier molecular flexibility index (Phi) is 10.2. The van der Waals surface area contributed by atoms with Gasteiger partial charge in [-0.2, -0.15) is 0 Å². The molecule has 0 aliphatic heterocycles. The third-order valence-corrected chi connectivity index (χ3v) is 2.60. The maximum Gasteiger partial charge on any atom is 0.190 e. The maximum absolute atomic E-state index is 4.16. The lowest BCUT2D eigenvalue weighted by molar-refractivity contribution is 0.300. The molecule has 0 aliphatic rings. The van der Waals surface area contributed by atoms with E-state index in [1.807, 2.05) is 7.05 Å². The molecule has 0 spiro atoms. The first-order chi connectivity index (χ1) is 7.78. The molecule has 2 N–H and O–H groups in total. The van der Waals surface area contributed by atoms with Gasteiger partial charge in [-0.25, -0.2) is 0 Å².